The van der Waals surface area contributed by atoms with Crippen LogP contribution in [-0.4, -0.2) is 37.2 Å². The van der Waals surface area contributed by atoms with Crippen LogP contribution in [0.5, 0.6) is 0 Å². The second-order valence-corrected chi connectivity index (χ2v) is 22.7. The van der Waals surface area contributed by atoms with Crippen LogP contribution in [0.2, 0.25) is 0 Å². The first kappa shape index (κ1) is 74.1. The number of rotatable bonds is 62. The molecule has 0 aromatic heterocycles. The molecule has 0 aromatic rings. The van der Waals surface area contributed by atoms with Gasteiger partial charge in [-0.05, 0) is 89.9 Å². The summed E-state index contributed by atoms with van der Waals surface area (Å²) in [5.74, 6) is -0.870. The fraction of sp³-hybridized carbons (Fsp3) is 0.817. The van der Waals surface area contributed by atoms with Crippen molar-refractivity contribution in [1.82, 2.24) is 0 Å². The molecule has 0 amide bonds. The smallest absolute Gasteiger partial charge is 0.306 e. The highest BCUT2D eigenvalue weighted by Gasteiger charge is 2.19. The third-order valence-electron chi connectivity index (χ3n) is 15.0. The fourth-order valence-corrected chi connectivity index (χ4v) is 9.89. The molecule has 0 saturated heterocycles. The van der Waals surface area contributed by atoms with Gasteiger partial charge in [0.2, 0.25) is 0 Å². The Morgan fingerprint density at radius 1 is 0.260 bits per heavy atom. The van der Waals surface area contributed by atoms with E-state index in [-0.39, 0.29) is 31.1 Å². The highest BCUT2D eigenvalue weighted by molar-refractivity contribution is 5.71. The van der Waals surface area contributed by atoms with Crippen LogP contribution in [0.4, 0.5) is 0 Å². The normalized spacial score (nSPS) is 12.4. The molecule has 1 atom stereocenters. The fourth-order valence-electron chi connectivity index (χ4n) is 9.89. The van der Waals surface area contributed by atoms with Crippen molar-refractivity contribution in [1.29, 1.82) is 0 Å². The van der Waals surface area contributed by atoms with E-state index in [4.69, 9.17) is 14.2 Å². The third kappa shape index (κ3) is 63.8. The van der Waals surface area contributed by atoms with E-state index < -0.39 is 6.10 Å². The highest BCUT2D eigenvalue weighted by Crippen LogP contribution is 2.17. The van der Waals surface area contributed by atoms with Gasteiger partial charge in [0.05, 0.1) is 0 Å². The first-order valence-corrected chi connectivity index (χ1v) is 33.8. The van der Waals surface area contributed by atoms with Gasteiger partial charge >= 0.3 is 17.9 Å². The molecule has 0 saturated carbocycles. The average Bonchev–Trinajstić information content (AvgIpc) is 3.43. The van der Waals surface area contributed by atoms with E-state index in [0.29, 0.717) is 19.3 Å². The Labute approximate surface area is 479 Å². The number of carbonyl (C=O) groups is 3. The summed E-state index contributed by atoms with van der Waals surface area (Å²) >= 11 is 0. The summed E-state index contributed by atoms with van der Waals surface area (Å²) in [6.07, 6.45) is 84.3. The van der Waals surface area contributed by atoms with Gasteiger partial charge in [0, 0.05) is 19.3 Å². The van der Waals surface area contributed by atoms with Gasteiger partial charge in [0.25, 0.3) is 0 Å². The van der Waals surface area contributed by atoms with Gasteiger partial charge in [0.15, 0.2) is 6.10 Å². The van der Waals surface area contributed by atoms with E-state index in [1.807, 2.05) is 0 Å². The van der Waals surface area contributed by atoms with Crippen LogP contribution in [0.15, 0.2) is 60.8 Å². The molecule has 0 heterocycles. The second kappa shape index (κ2) is 65.6. The molecular weight excluding hydrogens is 949 g/mol. The molecular formula is C71H128O6. The Morgan fingerprint density at radius 2 is 0.468 bits per heavy atom. The zero-order chi connectivity index (χ0) is 55.7. The van der Waals surface area contributed by atoms with Crippen LogP contribution in [0.1, 0.15) is 355 Å². The maximum atomic E-state index is 12.8. The van der Waals surface area contributed by atoms with Gasteiger partial charge in [-0.15, -0.1) is 0 Å². The molecule has 0 aliphatic carbocycles. The number of allylic oxidation sites excluding steroid dienone is 10. The van der Waals surface area contributed by atoms with Crippen molar-refractivity contribution < 1.29 is 28.6 Å². The van der Waals surface area contributed by atoms with E-state index in [1.165, 1.54) is 231 Å². The minimum atomic E-state index is -0.771. The Balaban J connectivity index is 3.98. The Bertz CT molecular complexity index is 1380. The van der Waals surface area contributed by atoms with E-state index in [9.17, 15) is 14.4 Å². The zero-order valence-corrected chi connectivity index (χ0v) is 51.5. The van der Waals surface area contributed by atoms with E-state index in [2.05, 4.69) is 81.5 Å². The Morgan fingerprint density at radius 3 is 0.727 bits per heavy atom. The summed E-state index contributed by atoms with van der Waals surface area (Å²) in [5.41, 5.74) is 0. The van der Waals surface area contributed by atoms with Gasteiger partial charge in [-0.25, -0.2) is 0 Å². The lowest BCUT2D eigenvalue weighted by atomic mass is 10.0. The monoisotopic (exact) mass is 1080 g/mol. The molecule has 1 unspecified atom stereocenters. The molecule has 0 N–H and O–H groups in total. The van der Waals surface area contributed by atoms with Crippen molar-refractivity contribution >= 4 is 17.9 Å². The first-order chi connectivity index (χ1) is 38.0. The minimum Gasteiger partial charge on any atom is -0.462 e. The topological polar surface area (TPSA) is 78.9 Å². The molecule has 0 aliphatic heterocycles. The number of unbranched alkanes of at least 4 members (excludes halogenated alkanes) is 41. The SMILES string of the molecule is CCCCCCC/C=C\C/C=C\C/C=C\CCCCCCCCCCCCCCCCC(=O)OCC(COC(=O)CCCCCCC)OC(=O)CCCCCCCCCCCCCCC/C=C\C/C=C\CCCCCCC. The lowest BCUT2D eigenvalue weighted by Crippen LogP contribution is -2.30. The van der Waals surface area contributed by atoms with Crippen LogP contribution in [0.3, 0.4) is 0 Å². The summed E-state index contributed by atoms with van der Waals surface area (Å²) < 4.78 is 16.8. The summed E-state index contributed by atoms with van der Waals surface area (Å²) in [6.45, 7) is 6.58. The lowest BCUT2D eigenvalue weighted by Gasteiger charge is -2.18. The van der Waals surface area contributed by atoms with Crippen molar-refractivity contribution in [2.75, 3.05) is 13.2 Å². The Kier molecular flexibility index (Phi) is 63.2. The predicted octanol–water partition coefficient (Wildman–Crippen LogP) is 23.1. The molecule has 0 radical (unpaired) electrons. The van der Waals surface area contributed by atoms with Crippen LogP contribution >= 0.6 is 0 Å². The van der Waals surface area contributed by atoms with Crippen molar-refractivity contribution in [2.45, 2.75) is 361 Å². The molecule has 6 heteroatoms. The lowest BCUT2D eigenvalue weighted by molar-refractivity contribution is -0.167. The third-order valence-corrected chi connectivity index (χ3v) is 15.0. The molecule has 0 rings (SSSR count). The molecule has 6 nitrogen and oxygen atoms in total. The van der Waals surface area contributed by atoms with E-state index in [0.717, 1.165) is 83.5 Å². The van der Waals surface area contributed by atoms with Crippen molar-refractivity contribution in [3.63, 3.8) is 0 Å². The van der Waals surface area contributed by atoms with Crippen molar-refractivity contribution in [3.05, 3.63) is 60.8 Å². The maximum absolute atomic E-state index is 12.8. The maximum Gasteiger partial charge on any atom is 0.306 e. The molecule has 0 aliphatic rings. The standard InChI is InChI=1S/C71H128O6/c1-4-7-10-13-15-17-19-21-23-25-27-29-31-33-34-35-36-38-39-41-43-45-47-49-51-53-55-58-61-64-70(73)76-67-68(66-75-69(72)63-60-57-12-9-6-3)77-71(74)65-62-59-56-54-52-50-48-46-44-42-40-37-32-30-28-26-24-22-20-18-16-14-11-8-5-2/h19-22,25-28,31,33,68H,4-18,23-24,29-30,32,34-67H2,1-3H3/b21-19-,22-20-,27-25-,28-26-,33-31-. The van der Waals surface area contributed by atoms with Crippen LogP contribution in [0, 0.1) is 0 Å². The number of hydrogen-bond donors (Lipinski definition) is 0. The molecule has 0 aromatic carbocycles. The van der Waals surface area contributed by atoms with Gasteiger partial charge in [-0.3, -0.25) is 14.4 Å². The van der Waals surface area contributed by atoms with E-state index in [1.54, 1.807) is 0 Å². The number of ether oxygens (including phenoxy) is 3. The van der Waals surface area contributed by atoms with Gasteiger partial charge in [-0.1, -0.05) is 306 Å². The quantitative estimate of drug-likeness (QED) is 0.0261. The molecule has 448 valence electrons. The summed E-state index contributed by atoms with van der Waals surface area (Å²) in [5, 5.41) is 0. The largest absolute Gasteiger partial charge is 0.462 e. The van der Waals surface area contributed by atoms with Gasteiger partial charge in [-0.2, -0.15) is 0 Å². The number of hydrogen-bond acceptors (Lipinski definition) is 6. The molecule has 0 bridgehead atoms. The molecule has 0 spiro atoms. The van der Waals surface area contributed by atoms with Crippen molar-refractivity contribution in [3.8, 4) is 0 Å². The van der Waals surface area contributed by atoms with Crippen molar-refractivity contribution in [2.24, 2.45) is 0 Å². The summed E-state index contributed by atoms with van der Waals surface area (Å²) in [7, 11) is 0. The van der Waals surface area contributed by atoms with Gasteiger partial charge < -0.3 is 14.2 Å². The predicted molar refractivity (Wildman–Crippen MR) is 335 cm³/mol. The summed E-state index contributed by atoms with van der Waals surface area (Å²) in [6, 6.07) is 0. The van der Waals surface area contributed by atoms with Crippen LogP contribution in [-0.2, 0) is 28.6 Å². The second-order valence-electron chi connectivity index (χ2n) is 22.7. The zero-order valence-electron chi connectivity index (χ0n) is 51.5. The Hall–Kier alpha value is -2.89. The molecule has 0 fully saturated rings. The van der Waals surface area contributed by atoms with E-state index >= 15 is 0 Å². The van der Waals surface area contributed by atoms with Gasteiger partial charge in [0.1, 0.15) is 13.2 Å². The summed E-state index contributed by atoms with van der Waals surface area (Å²) in [4.78, 5) is 38.0. The van der Waals surface area contributed by atoms with Crippen LogP contribution in [0.25, 0.3) is 0 Å². The average molecular weight is 1080 g/mol. The number of carbonyl (C=O) groups excluding carboxylic acids is 3. The van der Waals surface area contributed by atoms with Crippen LogP contribution < -0.4 is 0 Å². The highest BCUT2D eigenvalue weighted by atomic mass is 16.6. The molecule has 77 heavy (non-hydrogen) atoms. The minimum absolute atomic E-state index is 0.0719. The first-order valence-electron chi connectivity index (χ1n) is 33.8. The number of esters is 3.